The second-order valence-electron chi connectivity index (χ2n) is 6.39. The number of anilines is 2. The van der Waals surface area contributed by atoms with E-state index in [-0.39, 0.29) is 17.4 Å². The summed E-state index contributed by atoms with van der Waals surface area (Å²) in [6.45, 7) is 5.75. The van der Waals surface area contributed by atoms with Crippen molar-refractivity contribution in [1.82, 2.24) is 9.97 Å². The van der Waals surface area contributed by atoms with E-state index < -0.39 is 4.92 Å². The quantitative estimate of drug-likeness (QED) is 0.482. The maximum absolute atomic E-state index is 11.8. The fourth-order valence-electron chi connectivity index (χ4n) is 2.84. The van der Waals surface area contributed by atoms with Gasteiger partial charge in [-0.25, -0.2) is 4.98 Å². The largest absolute Gasteiger partial charge is 0.495 e. The molecule has 0 spiro atoms. The van der Waals surface area contributed by atoms with Crippen molar-refractivity contribution >= 4 is 17.2 Å². The summed E-state index contributed by atoms with van der Waals surface area (Å²) in [7, 11) is 1.53. The van der Waals surface area contributed by atoms with Crippen molar-refractivity contribution in [2.24, 2.45) is 0 Å². The van der Waals surface area contributed by atoms with Crippen molar-refractivity contribution in [2.75, 3.05) is 12.4 Å². The van der Waals surface area contributed by atoms with Gasteiger partial charge in [0.1, 0.15) is 17.8 Å². The molecule has 1 aromatic heterocycles. The first-order valence-corrected chi connectivity index (χ1v) is 8.54. The summed E-state index contributed by atoms with van der Waals surface area (Å²) in [6.07, 6.45) is 1.22. The molecule has 3 rings (SSSR count). The van der Waals surface area contributed by atoms with Gasteiger partial charge in [-0.2, -0.15) is 4.98 Å². The zero-order valence-corrected chi connectivity index (χ0v) is 16.0. The van der Waals surface area contributed by atoms with Crippen LogP contribution in [0.3, 0.4) is 0 Å². The third kappa shape index (κ3) is 4.17. The molecule has 0 aliphatic rings. The number of hydrogen-bond donors (Lipinski definition) is 1. The summed E-state index contributed by atoms with van der Waals surface area (Å²) in [6, 6.07) is 11.0. The average Bonchev–Trinajstić information content (AvgIpc) is 2.61. The van der Waals surface area contributed by atoms with Crippen molar-refractivity contribution < 1.29 is 14.4 Å². The Kier molecular flexibility index (Phi) is 5.39. The highest BCUT2D eigenvalue weighted by atomic mass is 16.6. The minimum Gasteiger partial charge on any atom is -0.495 e. The highest BCUT2D eigenvalue weighted by Gasteiger charge is 2.26. The summed E-state index contributed by atoms with van der Waals surface area (Å²) < 4.78 is 11.0. The molecule has 3 aromatic rings. The van der Waals surface area contributed by atoms with Gasteiger partial charge in [0.15, 0.2) is 0 Å². The molecule has 28 heavy (non-hydrogen) atoms. The Morgan fingerprint density at radius 3 is 2.36 bits per heavy atom. The molecule has 1 N–H and O–H groups in total. The molecule has 0 saturated heterocycles. The van der Waals surface area contributed by atoms with Gasteiger partial charge in [-0.3, -0.25) is 10.1 Å². The number of aromatic nitrogens is 2. The predicted molar refractivity (Wildman–Crippen MR) is 106 cm³/mol. The number of nitro groups is 1. The van der Waals surface area contributed by atoms with Crippen molar-refractivity contribution in [1.29, 1.82) is 0 Å². The number of hydrogen-bond acceptors (Lipinski definition) is 7. The molecule has 1 heterocycles. The monoisotopic (exact) mass is 380 g/mol. The summed E-state index contributed by atoms with van der Waals surface area (Å²) in [5, 5.41) is 14.7. The number of benzene rings is 2. The van der Waals surface area contributed by atoms with Gasteiger partial charge in [0.05, 0.1) is 17.7 Å². The number of nitrogens with one attached hydrogen (secondary N) is 1. The standard InChI is InChI=1S/C20H20N4O4/c1-12-5-6-17(27-4)16(10-12)23-19-18(24(25)26)20(22-11-21-19)28-15-8-13(2)7-14(3)9-15/h5-11H,1-4H3,(H,21,22,23). The van der Waals surface area contributed by atoms with Crippen molar-refractivity contribution in [3.8, 4) is 17.4 Å². The van der Waals surface area contributed by atoms with Gasteiger partial charge >= 0.3 is 11.6 Å². The number of ether oxygens (including phenoxy) is 2. The number of rotatable bonds is 6. The topological polar surface area (TPSA) is 99.4 Å². The first-order valence-electron chi connectivity index (χ1n) is 8.54. The van der Waals surface area contributed by atoms with Gasteiger partial charge in [0.25, 0.3) is 0 Å². The van der Waals surface area contributed by atoms with Crippen molar-refractivity contribution in [3.63, 3.8) is 0 Å². The van der Waals surface area contributed by atoms with Gasteiger partial charge < -0.3 is 14.8 Å². The van der Waals surface area contributed by atoms with Crippen LogP contribution in [0.25, 0.3) is 0 Å². The molecular formula is C20H20N4O4. The van der Waals surface area contributed by atoms with E-state index in [1.807, 2.05) is 39.0 Å². The maximum atomic E-state index is 11.8. The number of methoxy groups -OCH3 is 1. The molecular weight excluding hydrogens is 360 g/mol. The van der Waals surface area contributed by atoms with Crippen LogP contribution >= 0.6 is 0 Å². The summed E-state index contributed by atoms with van der Waals surface area (Å²) in [5.41, 5.74) is 3.13. The van der Waals surface area contributed by atoms with E-state index in [1.165, 1.54) is 13.4 Å². The summed E-state index contributed by atoms with van der Waals surface area (Å²) >= 11 is 0. The molecule has 8 heteroatoms. The lowest BCUT2D eigenvalue weighted by Crippen LogP contribution is -2.04. The van der Waals surface area contributed by atoms with Gasteiger partial charge in [0, 0.05) is 0 Å². The molecule has 0 fully saturated rings. The van der Waals surface area contributed by atoms with Crippen molar-refractivity contribution in [3.05, 3.63) is 69.5 Å². The lowest BCUT2D eigenvalue weighted by atomic mass is 10.1. The molecule has 0 aliphatic heterocycles. The van der Waals surface area contributed by atoms with Crippen LogP contribution in [-0.2, 0) is 0 Å². The minimum atomic E-state index is -0.567. The summed E-state index contributed by atoms with van der Waals surface area (Å²) in [5.74, 6) is 0.885. The Labute approximate surface area is 162 Å². The van der Waals surface area contributed by atoms with Gasteiger partial charge in [-0.15, -0.1) is 0 Å². The molecule has 0 bridgehead atoms. The first kappa shape index (κ1) is 19.1. The molecule has 0 atom stereocenters. The minimum absolute atomic E-state index is 0.0169. The summed E-state index contributed by atoms with van der Waals surface area (Å²) in [4.78, 5) is 19.2. The van der Waals surface area contributed by atoms with Gasteiger partial charge in [0.2, 0.25) is 5.82 Å². The van der Waals surface area contributed by atoms with E-state index in [2.05, 4.69) is 15.3 Å². The molecule has 144 valence electrons. The van der Waals surface area contributed by atoms with Crippen LogP contribution in [0.4, 0.5) is 17.2 Å². The Balaban J connectivity index is 2.03. The van der Waals surface area contributed by atoms with E-state index in [9.17, 15) is 10.1 Å². The highest BCUT2D eigenvalue weighted by molar-refractivity contribution is 5.72. The fraction of sp³-hybridized carbons (Fsp3) is 0.200. The molecule has 8 nitrogen and oxygen atoms in total. The van der Waals surface area contributed by atoms with Crippen LogP contribution in [0.5, 0.6) is 17.4 Å². The first-order chi connectivity index (χ1) is 13.4. The zero-order valence-electron chi connectivity index (χ0n) is 16.0. The third-order valence-electron chi connectivity index (χ3n) is 3.99. The van der Waals surface area contributed by atoms with Crippen LogP contribution in [0, 0.1) is 30.9 Å². The van der Waals surface area contributed by atoms with Crippen molar-refractivity contribution in [2.45, 2.75) is 20.8 Å². The van der Waals surface area contributed by atoms with Crippen LogP contribution < -0.4 is 14.8 Å². The molecule has 0 unspecified atom stereocenters. The Bertz CT molecular complexity index is 1020. The van der Waals surface area contributed by atoms with Crippen LogP contribution in [-0.4, -0.2) is 22.0 Å². The zero-order chi connectivity index (χ0) is 20.3. The lowest BCUT2D eigenvalue weighted by molar-refractivity contribution is -0.385. The fourth-order valence-corrected chi connectivity index (χ4v) is 2.84. The Morgan fingerprint density at radius 2 is 1.71 bits per heavy atom. The Morgan fingerprint density at radius 1 is 1.00 bits per heavy atom. The van der Waals surface area contributed by atoms with E-state index in [1.54, 1.807) is 18.2 Å². The SMILES string of the molecule is COc1ccc(C)cc1Nc1ncnc(Oc2cc(C)cc(C)c2)c1[N+](=O)[O-]. The molecule has 0 aliphatic carbocycles. The molecule has 0 amide bonds. The molecule has 0 radical (unpaired) electrons. The van der Waals surface area contributed by atoms with Crippen LogP contribution in [0.2, 0.25) is 0 Å². The predicted octanol–water partition coefficient (Wildman–Crippen LogP) is 4.85. The molecule has 0 saturated carbocycles. The van der Waals surface area contributed by atoms with Gasteiger partial charge in [-0.1, -0.05) is 12.1 Å². The Hall–Kier alpha value is -3.68. The lowest BCUT2D eigenvalue weighted by Gasteiger charge is -2.13. The molecule has 2 aromatic carbocycles. The van der Waals surface area contributed by atoms with Gasteiger partial charge in [-0.05, 0) is 61.7 Å². The normalized spacial score (nSPS) is 10.4. The van der Waals surface area contributed by atoms with E-state index in [4.69, 9.17) is 9.47 Å². The van der Waals surface area contributed by atoms with E-state index >= 15 is 0 Å². The average molecular weight is 380 g/mol. The van der Waals surface area contributed by atoms with Crippen LogP contribution in [0.1, 0.15) is 16.7 Å². The van der Waals surface area contributed by atoms with E-state index in [0.717, 1.165) is 16.7 Å². The number of nitrogens with zero attached hydrogens (tertiary/aromatic N) is 3. The van der Waals surface area contributed by atoms with Crippen LogP contribution in [0.15, 0.2) is 42.7 Å². The second-order valence-corrected chi connectivity index (χ2v) is 6.39. The number of aryl methyl sites for hydroxylation is 3. The third-order valence-corrected chi connectivity index (χ3v) is 3.99. The smallest absolute Gasteiger partial charge is 0.373 e. The second kappa shape index (κ2) is 7.91. The van der Waals surface area contributed by atoms with E-state index in [0.29, 0.717) is 17.2 Å². The maximum Gasteiger partial charge on any atom is 0.373 e. The highest BCUT2D eigenvalue weighted by Crippen LogP contribution is 2.37.